The summed E-state index contributed by atoms with van der Waals surface area (Å²) in [5, 5.41) is 7.60. The maximum atomic E-state index is 13.0. The summed E-state index contributed by atoms with van der Waals surface area (Å²) in [6.07, 6.45) is 1.72. The second-order valence-corrected chi connectivity index (χ2v) is 7.81. The van der Waals surface area contributed by atoms with Crippen LogP contribution in [0.1, 0.15) is 35.0 Å². The number of hydrogen-bond acceptors (Lipinski definition) is 4. The number of thiophene rings is 1. The zero-order valence-corrected chi connectivity index (χ0v) is 16.1. The standard InChI is InChI=1S/C20H24FN3O2S/c1-14(22-20(26)18-3-2-12-27-18)19(25)23-17-8-10-24(11-9-17)13-15-4-6-16(21)7-5-15/h2-7,12,14,17H,8-11,13H2,1H3,(H,22,26)(H,23,25). The molecule has 3 rings (SSSR count). The lowest BCUT2D eigenvalue weighted by Gasteiger charge is -2.33. The van der Waals surface area contributed by atoms with Crippen molar-refractivity contribution in [2.75, 3.05) is 13.1 Å². The van der Waals surface area contributed by atoms with E-state index in [4.69, 9.17) is 0 Å². The van der Waals surface area contributed by atoms with Gasteiger partial charge in [0, 0.05) is 25.7 Å². The van der Waals surface area contributed by atoms with Gasteiger partial charge in [-0.1, -0.05) is 18.2 Å². The minimum Gasteiger partial charge on any atom is -0.351 e. The molecule has 0 saturated carbocycles. The fourth-order valence-corrected chi connectivity index (χ4v) is 3.78. The van der Waals surface area contributed by atoms with Crippen molar-refractivity contribution in [1.29, 1.82) is 0 Å². The van der Waals surface area contributed by atoms with Gasteiger partial charge in [0.25, 0.3) is 5.91 Å². The van der Waals surface area contributed by atoms with Crippen molar-refractivity contribution in [3.8, 4) is 0 Å². The minimum absolute atomic E-state index is 0.114. The number of piperidine rings is 1. The lowest BCUT2D eigenvalue weighted by atomic mass is 10.0. The number of halogens is 1. The summed E-state index contributed by atoms with van der Waals surface area (Å²) in [7, 11) is 0. The highest BCUT2D eigenvalue weighted by molar-refractivity contribution is 7.12. The molecule has 27 heavy (non-hydrogen) atoms. The van der Waals surface area contributed by atoms with E-state index < -0.39 is 6.04 Å². The lowest BCUT2D eigenvalue weighted by Crippen LogP contribution is -2.50. The normalized spacial score (nSPS) is 16.7. The van der Waals surface area contributed by atoms with Gasteiger partial charge in [-0.25, -0.2) is 4.39 Å². The van der Waals surface area contributed by atoms with Crippen molar-refractivity contribution in [2.45, 2.75) is 38.4 Å². The summed E-state index contributed by atoms with van der Waals surface area (Å²) in [5.41, 5.74) is 1.09. The Kier molecular flexibility index (Phi) is 6.58. The van der Waals surface area contributed by atoms with E-state index in [1.54, 1.807) is 25.1 Å². The number of nitrogens with one attached hydrogen (secondary N) is 2. The van der Waals surface area contributed by atoms with Crippen molar-refractivity contribution in [1.82, 2.24) is 15.5 Å². The van der Waals surface area contributed by atoms with Crippen molar-refractivity contribution >= 4 is 23.2 Å². The topological polar surface area (TPSA) is 61.4 Å². The molecule has 2 heterocycles. The second kappa shape index (κ2) is 9.10. The quantitative estimate of drug-likeness (QED) is 0.799. The minimum atomic E-state index is -0.572. The van der Waals surface area contributed by atoms with E-state index in [-0.39, 0.29) is 23.7 Å². The molecule has 2 aromatic rings. The van der Waals surface area contributed by atoms with Gasteiger partial charge in [0.15, 0.2) is 0 Å². The zero-order valence-electron chi connectivity index (χ0n) is 15.3. The predicted molar refractivity (Wildman–Crippen MR) is 104 cm³/mol. The van der Waals surface area contributed by atoms with Crippen molar-refractivity contribution in [3.05, 3.63) is 58.0 Å². The van der Waals surface area contributed by atoms with Gasteiger partial charge in [-0.05, 0) is 48.9 Å². The summed E-state index contributed by atoms with van der Waals surface area (Å²) < 4.78 is 13.0. The second-order valence-electron chi connectivity index (χ2n) is 6.86. The Bertz CT molecular complexity index is 756. The highest BCUT2D eigenvalue weighted by Gasteiger charge is 2.24. The summed E-state index contributed by atoms with van der Waals surface area (Å²) in [6, 6.07) is 9.66. The van der Waals surface area contributed by atoms with Crippen LogP contribution in [0.4, 0.5) is 4.39 Å². The third-order valence-electron chi connectivity index (χ3n) is 4.74. The van der Waals surface area contributed by atoms with Crippen LogP contribution >= 0.6 is 11.3 Å². The largest absolute Gasteiger partial charge is 0.351 e. The van der Waals surface area contributed by atoms with Crippen LogP contribution in [-0.4, -0.2) is 41.9 Å². The molecule has 1 fully saturated rings. The maximum Gasteiger partial charge on any atom is 0.261 e. The molecule has 0 aliphatic carbocycles. The molecule has 1 atom stereocenters. The average Bonchev–Trinajstić information content (AvgIpc) is 3.20. The van der Waals surface area contributed by atoms with E-state index >= 15 is 0 Å². The molecule has 0 radical (unpaired) electrons. The van der Waals surface area contributed by atoms with Crippen LogP contribution in [0.15, 0.2) is 41.8 Å². The van der Waals surface area contributed by atoms with Crippen LogP contribution in [0.5, 0.6) is 0 Å². The molecule has 7 heteroatoms. The molecular formula is C20H24FN3O2S. The van der Waals surface area contributed by atoms with Gasteiger partial charge in [0.1, 0.15) is 11.9 Å². The number of likely N-dealkylation sites (tertiary alicyclic amines) is 1. The lowest BCUT2D eigenvalue weighted by molar-refractivity contribution is -0.123. The van der Waals surface area contributed by atoms with Crippen molar-refractivity contribution in [3.63, 3.8) is 0 Å². The Hall–Kier alpha value is -2.25. The molecule has 1 saturated heterocycles. The molecule has 0 spiro atoms. The molecule has 1 aromatic heterocycles. The van der Waals surface area contributed by atoms with E-state index in [9.17, 15) is 14.0 Å². The van der Waals surface area contributed by atoms with Crippen LogP contribution in [-0.2, 0) is 11.3 Å². The molecule has 1 aromatic carbocycles. The molecule has 144 valence electrons. The Balaban J connectivity index is 1.41. The molecule has 1 aliphatic rings. The van der Waals surface area contributed by atoms with E-state index in [0.717, 1.165) is 38.0 Å². The summed E-state index contributed by atoms with van der Waals surface area (Å²) in [6.45, 7) is 4.23. The Labute approximate surface area is 162 Å². The van der Waals surface area contributed by atoms with Gasteiger partial charge in [-0.2, -0.15) is 0 Å². The zero-order chi connectivity index (χ0) is 19.2. The smallest absolute Gasteiger partial charge is 0.261 e. The number of amides is 2. The van der Waals surface area contributed by atoms with Crippen LogP contribution in [0.2, 0.25) is 0 Å². The number of carbonyl (C=O) groups is 2. The predicted octanol–water partition coefficient (Wildman–Crippen LogP) is 2.79. The third kappa shape index (κ3) is 5.61. The van der Waals surface area contributed by atoms with Crippen LogP contribution < -0.4 is 10.6 Å². The molecule has 2 amide bonds. The molecule has 1 unspecified atom stereocenters. The monoisotopic (exact) mass is 389 g/mol. The summed E-state index contributed by atoms with van der Waals surface area (Å²) in [4.78, 5) is 27.3. The molecule has 0 bridgehead atoms. The van der Waals surface area contributed by atoms with Crippen LogP contribution in [0.3, 0.4) is 0 Å². The van der Waals surface area contributed by atoms with Gasteiger partial charge in [-0.3, -0.25) is 14.5 Å². The number of carbonyl (C=O) groups excluding carboxylic acids is 2. The first kappa shape index (κ1) is 19.5. The maximum absolute atomic E-state index is 13.0. The van der Waals surface area contributed by atoms with Crippen molar-refractivity contribution < 1.29 is 14.0 Å². The molecular weight excluding hydrogens is 365 g/mol. The number of nitrogens with zero attached hydrogens (tertiary/aromatic N) is 1. The summed E-state index contributed by atoms with van der Waals surface area (Å²) >= 11 is 1.35. The van der Waals surface area contributed by atoms with Gasteiger partial charge in [-0.15, -0.1) is 11.3 Å². The van der Waals surface area contributed by atoms with Crippen LogP contribution in [0, 0.1) is 5.82 Å². The summed E-state index contributed by atoms with van der Waals surface area (Å²) in [5.74, 6) is -0.598. The average molecular weight is 389 g/mol. The van der Waals surface area contributed by atoms with Gasteiger partial charge in [0.2, 0.25) is 5.91 Å². The molecule has 5 nitrogen and oxygen atoms in total. The fraction of sp³-hybridized carbons (Fsp3) is 0.400. The van der Waals surface area contributed by atoms with Crippen molar-refractivity contribution in [2.24, 2.45) is 0 Å². The first-order valence-electron chi connectivity index (χ1n) is 9.13. The Morgan fingerprint density at radius 2 is 1.93 bits per heavy atom. The van der Waals surface area contributed by atoms with E-state index in [2.05, 4.69) is 15.5 Å². The Morgan fingerprint density at radius 1 is 1.22 bits per heavy atom. The Morgan fingerprint density at radius 3 is 2.56 bits per heavy atom. The third-order valence-corrected chi connectivity index (χ3v) is 5.61. The molecule has 1 aliphatic heterocycles. The number of rotatable bonds is 6. The van der Waals surface area contributed by atoms with Crippen LogP contribution in [0.25, 0.3) is 0 Å². The number of benzene rings is 1. The van der Waals surface area contributed by atoms with Gasteiger partial charge >= 0.3 is 0 Å². The first-order chi connectivity index (χ1) is 13.0. The fourth-order valence-electron chi connectivity index (χ4n) is 3.15. The SMILES string of the molecule is CC(NC(=O)c1cccs1)C(=O)NC1CCN(Cc2ccc(F)cc2)CC1. The molecule has 2 N–H and O–H groups in total. The first-order valence-corrected chi connectivity index (χ1v) is 10.0. The number of hydrogen-bond donors (Lipinski definition) is 2. The van der Waals surface area contributed by atoms with Gasteiger partial charge in [0.05, 0.1) is 4.88 Å². The highest BCUT2D eigenvalue weighted by atomic mass is 32.1. The highest BCUT2D eigenvalue weighted by Crippen LogP contribution is 2.15. The van der Waals surface area contributed by atoms with E-state index in [1.165, 1.54) is 23.5 Å². The van der Waals surface area contributed by atoms with E-state index in [1.807, 2.05) is 11.4 Å². The van der Waals surface area contributed by atoms with Gasteiger partial charge < -0.3 is 10.6 Å². The van der Waals surface area contributed by atoms with E-state index in [0.29, 0.717) is 4.88 Å².